The van der Waals surface area contributed by atoms with E-state index in [4.69, 9.17) is 37.9 Å². The monoisotopic (exact) mass is 766 g/mol. The summed E-state index contributed by atoms with van der Waals surface area (Å²) in [4.78, 5) is 83.5. The molecule has 18 heteroatoms. The molecule has 0 aliphatic rings. The van der Waals surface area contributed by atoms with Gasteiger partial charge in [0.2, 0.25) is 0 Å². The van der Waals surface area contributed by atoms with E-state index in [0.717, 1.165) is 36.5 Å². The van der Waals surface area contributed by atoms with Gasteiger partial charge in [-0.2, -0.15) is 0 Å². The minimum Gasteiger partial charge on any atom is -0.462 e. The van der Waals surface area contributed by atoms with Crippen molar-refractivity contribution in [1.82, 2.24) is 10.6 Å². The number of rotatable bonds is 30. The number of unbranched alkanes of at least 4 members (excludes halogenated alkanes) is 3. The maximum Gasteiger partial charge on any atom is 0.407 e. The Bertz CT molecular complexity index is 1240. The zero-order chi connectivity index (χ0) is 40.8. The Morgan fingerprint density at radius 2 is 0.741 bits per heavy atom. The van der Waals surface area contributed by atoms with Gasteiger partial charge in [0.05, 0.1) is 12.0 Å². The first-order valence-electron chi connectivity index (χ1n) is 16.4. The Morgan fingerprint density at radius 3 is 1.02 bits per heavy atom. The Hall–Kier alpha value is -5.75. The molecule has 0 heterocycles. The fourth-order valence-electron chi connectivity index (χ4n) is 3.77. The second-order valence-electron chi connectivity index (χ2n) is 11.4. The van der Waals surface area contributed by atoms with Crippen LogP contribution >= 0.6 is 0 Å². The van der Waals surface area contributed by atoms with Crippen LogP contribution in [0.15, 0.2) is 75.9 Å². The van der Waals surface area contributed by atoms with Crippen molar-refractivity contribution in [3.8, 4) is 0 Å². The third kappa shape index (κ3) is 22.2. The van der Waals surface area contributed by atoms with Crippen molar-refractivity contribution in [2.75, 3.05) is 65.9 Å². The number of hydrogen-bond acceptors (Lipinski definition) is 16. The summed E-state index contributed by atoms with van der Waals surface area (Å²) in [5.41, 5.74) is -2.88. The topological polar surface area (TPSA) is 238 Å². The molecule has 0 bridgehead atoms. The van der Waals surface area contributed by atoms with Crippen LogP contribution in [0.4, 0.5) is 9.59 Å². The van der Waals surface area contributed by atoms with Crippen LogP contribution in [0.25, 0.3) is 0 Å². The average molecular weight is 767 g/mol. The van der Waals surface area contributed by atoms with E-state index in [1.165, 1.54) is 0 Å². The van der Waals surface area contributed by atoms with Gasteiger partial charge in [-0.1, -0.05) is 52.3 Å². The molecule has 18 nitrogen and oxygen atoms in total. The van der Waals surface area contributed by atoms with Crippen LogP contribution in [0.1, 0.15) is 25.7 Å². The highest BCUT2D eigenvalue weighted by Gasteiger charge is 2.38. The van der Waals surface area contributed by atoms with Gasteiger partial charge < -0.3 is 53.6 Å². The van der Waals surface area contributed by atoms with E-state index >= 15 is 0 Å². The fourth-order valence-corrected chi connectivity index (χ4v) is 3.77. The Labute approximate surface area is 313 Å². The number of carbonyl (C=O) groups excluding carboxylic acids is 7. The molecule has 300 valence electrons. The molecular weight excluding hydrogens is 716 g/mol. The summed E-state index contributed by atoms with van der Waals surface area (Å²) in [7, 11) is 0. The summed E-state index contributed by atoms with van der Waals surface area (Å²) in [5, 5.41) is 14.9. The number of alkyl carbamates (subject to hydrolysis) is 2. The van der Waals surface area contributed by atoms with E-state index < -0.39 is 105 Å². The molecule has 3 N–H and O–H groups in total. The van der Waals surface area contributed by atoms with Crippen molar-refractivity contribution in [3.05, 3.63) is 75.9 Å². The van der Waals surface area contributed by atoms with Gasteiger partial charge in [0.15, 0.2) is 6.29 Å². The third-order valence-electron chi connectivity index (χ3n) is 6.86. The number of carbonyl (C=O) groups is 7. The molecule has 0 saturated carbocycles. The first kappa shape index (κ1) is 48.2. The predicted molar refractivity (Wildman–Crippen MR) is 190 cm³/mol. The third-order valence-corrected chi connectivity index (χ3v) is 6.86. The highest BCUT2D eigenvalue weighted by Crippen LogP contribution is 2.23. The summed E-state index contributed by atoms with van der Waals surface area (Å²) in [5.74, 6) is -4.05. The molecule has 0 rings (SSSR count). The molecule has 0 saturated heterocycles. The minimum absolute atomic E-state index is 0.210. The highest BCUT2D eigenvalue weighted by molar-refractivity contribution is 5.83. The van der Waals surface area contributed by atoms with Gasteiger partial charge >= 0.3 is 42.0 Å². The largest absolute Gasteiger partial charge is 0.462 e. The normalized spacial score (nSPS) is 11.2. The van der Waals surface area contributed by atoms with Gasteiger partial charge in [-0.25, -0.2) is 33.6 Å². The zero-order valence-electron chi connectivity index (χ0n) is 30.3. The Morgan fingerprint density at radius 1 is 0.463 bits per heavy atom. The van der Waals surface area contributed by atoms with E-state index in [1.807, 2.05) is 0 Å². The van der Waals surface area contributed by atoms with E-state index in [-0.39, 0.29) is 19.7 Å². The van der Waals surface area contributed by atoms with E-state index in [9.17, 15) is 38.7 Å². The molecule has 0 aromatic rings. The molecule has 0 aromatic carbocycles. The lowest BCUT2D eigenvalue weighted by molar-refractivity contribution is -0.164. The maximum absolute atomic E-state index is 12.4. The molecule has 0 aliphatic carbocycles. The van der Waals surface area contributed by atoms with Crippen LogP contribution in [-0.4, -0.2) is 119 Å². The van der Waals surface area contributed by atoms with Crippen LogP contribution in [0.5, 0.6) is 0 Å². The SMILES string of the molecule is C=CC(=O)OCC(COC(=O)C=C)(COC(=O)C=C)COC(=O)NCCCCCCNC(=O)OCC(COC(=O)C=C)(COC(=O)C=C)COC(O)C=C. The average Bonchev–Trinajstić information content (AvgIpc) is 3.19. The zero-order valence-corrected chi connectivity index (χ0v) is 30.3. The summed E-state index contributed by atoms with van der Waals surface area (Å²) in [6, 6.07) is 0. The maximum atomic E-state index is 12.4. The second kappa shape index (κ2) is 27.8. The number of aliphatic hydroxyl groups excluding tert-OH is 1. The number of hydrogen-bond donors (Lipinski definition) is 3. The highest BCUT2D eigenvalue weighted by atomic mass is 16.6. The van der Waals surface area contributed by atoms with Gasteiger partial charge in [-0.05, 0) is 18.9 Å². The molecule has 0 aromatic heterocycles. The minimum atomic E-state index is -1.47. The van der Waals surface area contributed by atoms with Crippen LogP contribution in [0, 0.1) is 10.8 Å². The van der Waals surface area contributed by atoms with Crippen LogP contribution in [-0.2, 0) is 61.9 Å². The van der Waals surface area contributed by atoms with Crippen molar-refractivity contribution in [2.45, 2.75) is 32.0 Å². The number of aliphatic hydroxyl groups is 1. The van der Waals surface area contributed by atoms with Gasteiger partial charge in [-0.15, -0.1) is 0 Å². The first-order chi connectivity index (χ1) is 25.7. The van der Waals surface area contributed by atoms with Gasteiger partial charge in [0.1, 0.15) is 51.7 Å². The molecule has 2 amide bonds. The van der Waals surface area contributed by atoms with Crippen molar-refractivity contribution >= 4 is 42.0 Å². The molecule has 1 atom stereocenters. The number of amides is 2. The second-order valence-corrected chi connectivity index (χ2v) is 11.4. The lowest BCUT2D eigenvalue weighted by Gasteiger charge is -2.32. The molecule has 1 unspecified atom stereocenters. The molecule has 0 radical (unpaired) electrons. The predicted octanol–water partition coefficient (Wildman–Crippen LogP) is 2.14. The van der Waals surface area contributed by atoms with E-state index in [1.54, 1.807) is 0 Å². The smallest absolute Gasteiger partial charge is 0.407 e. The summed E-state index contributed by atoms with van der Waals surface area (Å²) < 4.78 is 41.3. The Kier molecular flexibility index (Phi) is 24.9. The summed E-state index contributed by atoms with van der Waals surface area (Å²) in [6.07, 6.45) is 4.87. The Balaban J connectivity index is 4.96. The fraction of sp³-hybridized carbons (Fsp3) is 0.472. The lowest BCUT2D eigenvalue weighted by atomic mass is 9.92. The number of nitrogens with one attached hydrogen (secondary N) is 2. The quantitative estimate of drug-likeness (QED) is 0.0237. The number of ether oxygens (including phenoxy) is 8. The van der Waals surface area contributed by atoms with Crippen LogP contribution in [0.3, 0.4) is 0 Å². The van der Waals surface area contributed by atoms with Crippen molar-refractivity contribution in [3.63, 3.8) is 0 Å². The molecule has 0 spiro atoms. The lowest BCUT2D eigenvalue weighted by Crippen LogP contribution is -2.45. The molecule has 54 heavy (non-hydrogen) atoms. The molecular formula is C36H50N2O16. The van der Waals surface area contributed by atoms with Gasteiger partial charge in [-0.3, -0.25) is 0 Å². The van der Waals surface area contributed by atoms with Gasteiger partial charge in [0, 0.05) is 43.5 Å². The van der Waals surface area contributed by atoms with Crippen molar-refractivity contribution in [2.24, 2.45) is 10.8 Å². The van der Waals surface area contributed by atoms with Crippen molar-refractivity contribution < 1.29 is 76.6 Å². The number of esters is 5. The first-order valence-corrected chi connectivity index (χ1v) is 16.4. The van der Waals surface area contributed by atoms with E-state index in [0.29, 0.717) is 25.7 Å². The van der Waals surface area contributed by atoms with Crippen LogP contribution in [0.2, 0.25) is 0 Å². The van der Waals surface area contributed by atoms with E-state index in [2.05, 4.69) is 50.1 Å². The van der Waals surface area contributed by atoms with Gasteiger partial charge in [0.25, 0.3) is 0 Å². The standard InChI is InChI=1S/C36H50N2O16/c1-7-27(39)47-19-35(20-48-28(40)8-2,21-49-29(41)9-3)25-53-33(45)37-17-15-13-14-16-18-38-34(46)54-26-36(22-50-30(42)10-4,23-51-31(43)11-5)24-52-32(44)12-6/h7-12,27,39H,1-6,13-26H2,(H,37,45)(H,38,46). The molecule has 0 aliphatic heterocycles. The summed E-state index contributed by atoms with van der Waals surface area (Å²) >= 11 is 0. The molecule has 0 fully saturated rings. The van der Waals surface area contributed by atoms with Crippen LogP contribution < -0.4 is 10.6 Å². The summed E-state index contributed by atoms with van der Waals surface area (Å²) in [6.45, 7) is 16.8. The van der Waals surface area contributed by atoms with Crippen molar-refractivity contribution in [1.29, 1.82) is 0 Å².